The van der Waals surface area contributed by atoms with Crippen LogP contribution in [0, 0.1) is 5.82 Å². The van der Waals surface area contributed by atoms with E-state index in [0.717, 1.165) is 43.9 Å². The van der Waals surface area contributed by atoms with Crippen LogP contribution < -0.4 is 10.6 Å². The quantitative estimate of drug-likeness (QED) is 0.883. The highest BCUT2D eigenvalue weighted by molar-refractivity contribution is 5.54. The van der Waals surface area contributed by atoms with Crippen molar-refractivity contribution in [2.45, 2.75) is 12.8 Å². The highest BCUT2D eigenvalue weighted by Gasteiger charge is 2.17. The second-order valence-corrected chi connectivity index (χ2v) is 4.92. The molecule has 2 N–H and O–H groups in total. The number of anilines is 1. The molecule has 3 nitrogen and oxygen atoms in total. The fraction of sp³-hybridized carbons (Fsp3) is 0.571. The van der Waals surface area contributed by atoms with Crippen molar-refractivity contribution in [3.05, 3.63) is 29.6 Å². The van der Waals surface area contributed by atoms with Crippen molar-refractivity contribution >= 4 is 5.69 Å². The standard InChI is InChI=1S/C14H22FN3/c1-17-8-3-9-18(11-10-17)14-5-2-4-13(15)12(14)6-7-16/h2,4-5H,3,6-11,16H2,1H3. The molecule has 1 fully saturated rings. The summed E-state index contributed by atoms with van der Waals surface area (Å²) in [6.07, 6.45) is 1.73. The van der Waals surface area contributed by atoms with Crippen LogP contribution in [-0.2, 0) is 6.42 Å². The molecule has 0 aromatic heterocycles. The smallest absolute Gasteiger partial charge is 0.128 e. The van der Waals surface area contributed by atoms with Gasteiger partial charge in [-0.1, -0.05) is 6.07 Å². The highest BCUT2D eigenvalue weighted by atomic mass is 19.1. The van der Waals surface area contributed by atoms with Gasteiger partial charge in [0.2, 0.25) is 0 Å². The number of likely N-dealkylation sites (N-methyl/N-ethyl adjacent to an activating group) is 1. The van der Waals surface area contributed by atoms with E-state index < -0.39 is 0 Å². The summed E-state index contributed by atoms with van der Waals surface area (Å²) in [5.74, 6) is -0.129. The van der Waals surface area contributed by atoms with Crippen LogP contribution in [0.25, 0.3) is 0 Å². The largest absolute Gasteiger partial charge is 0.370 e. The average molecular weight is 251 g/mol. The molecule has 0 bridgehead atoms. The fourth-order valence-corrected chi connectivity index (χ4v) is 2.52. The maximum atomic E-state index is 13.9. The van der Waals surface area contributed by atoms with Crippen molar-refractivity contribution in [1.29, 1.82) is 0 Å². The molecule has 0 radical (unpaired) electrons. The molecule has 0 aliphatic carbocycles. The molecule has 2 rings (SSSR count). The Labute approximate surface area is 108 Å². The molecular formula is C14H22FN3. The van der Waals surface area contributed by atoms with E-state index in [1.165, 1.54) is 6.07 Å². The number of halogens is 1. The van der Waals surface area contributed by atoms with Gasteiger partial charge in [-0.15, -0.1) is 0 Å². The van der Waals surface area contributed by atoms with E-state index in [4.69, 9.17) is 5.73 Å². The van der Waals surface area contributed by atoms with Crippen LogP contribution in [0.1, 0.15) is 12.0 Å². The van der Waals surface area contributed by atoms with Gasteiger partial charge >= 0.3 is 0 Å². The van der Waals surface area contributed by atoms with E-state index in [1.807, 2.05) is 6.07 Å². The summed E-state index contributed by atoms with van der Waals surface area (Å²) >= 11 is 0. The van der Waals surface area contributed by atoms with Gasteiger partial charge in [0, 0.05) is 30.9 Å². The van der Waals surface area contributed by atoms with Gasteiger partial charge < -0.3 is 15.5 Å². The average Bonchev–Trinajstić information content (AvgIpc) is 2.57. The minimum atomic E-state index is -0.129. The summed E-state index contributed by atoms with van der Waals surface area (Å²) in [4.78, 5) is 4.61. The van der Waals surface area contributed by atoms with Gasteiger partial charge in [0.15, 0.2) is 0 Å². The van der Waals surface area contributed by atoms with Gasteiger partial charge in [0.1, 0.15) is 5.82 Å². The number of benzene rings is 1. The zero-order valence-corrected chi connectivity index (χ0v) is 11.0. The first-order valence-electron chi connectivity index (χ1n) is 6.63. The number of hydrogen-bond acceptors (Lipinski definition) is 3. The second-order valence-electron chi connectivity index (χ2n) is 4.92. The zero-order valence-electron chi connectivity index (χ0n) is 11.0. The van der Waals surface area contributed by atoms with Gasteiger partial charge in [-0.05, 0) is 45.1 Å². The maximum absolute atomic E-state index is 13.9. The van der Waals surface area contributed by atoms with Crippen LogP contribution in [0.15, 0.2) is 18.2 Å². The molecule has 0 unspecified atom stereocenters. The lowest BCUT2D eigenvalue weighted by Gasteiger charge is -2.25. The first-order valence-corrected chi connectivity index (χ1v) is 6.63. The third kappa shape index (κ3) is 3.00. The zero-order chi connectivity index (χ0) is 13.0. The topological polar surface area (TPSA) is 32.5 Å². The third-order valence-electron chi connectivity index (χ3n) is 3.55. The van der Waals surface area contributed by atoms with Crippen LogP contribution in [0.2, 0.25) is 0 Å². The number of nitrogens with zero attached hydrogens (tertiary/aromatic N) is 2. The van der Waals surface area contributed by atoms with E-state index in [2.05, 4.69) is 16.8 Å². The van der Waals surface area contributed by atoms with E-state index in [-0.39, 0.29) is 5.82 Å². The van der Waals surface area contributed by atoms with Gasteiger partial charge in [0.05, 0.1) is 0 Å². The maximum Gasteiger partial charge on any atom is 0.128 e. The number of nitrogens with two attached hydrogens (primary N) is 1. The van der Waals surface area contributed by atoms with Crippen LogP contribution in [0.3, 0.4) is 0 Å². The molecule has 1 aromatic rings. The van der Waals surface area contributed by atoms with Crippen molar-refractivity contribution in [1.82, 2.24) is 4.90 Å². The van der Waals surface area contributed by atoms with E-state index in [1.54, 1.807) is 6.07 Å². The summed E-state index contributed by atoms with van der Waals surface area (Å²) in [6.45, 7) is 4.57. The molecule has 0 spiro atoms. The Kier molecular flexibility index (Phi) is 4.55. The Hall–Kier alpha value is -1.13. The first kappa shape index (κ1) is 13.3. The highest BCUT2D eigenvalue weighted by Crippen LogP contribution is 2.24. The van der Waals surface area contributed by atoms with E-state index >= 15 is 0 Å². The Morgan fingerprint density at radius 3 is 2.83 bits per heavy atom. The summed E-state index contributed by atoms with van der Waals surface area (Å²) in [5.41, 5.74) is 7.38. The normalized spacial score (nSPS) is 17.8. The fourth-order valence-electron chi connectivity index (χ4n) is 2.52. The summed E-state index contributed by atoms with van der Waals surface area (Å²) in [6, 6.07) is 5.33. The van der Waals surface area contributed by atoms with Crippen LogP contribution in [-0.4, -0.2) is 44.7 Å². The van der Waals surface area contributed by atoms with Crippen molar-refractivity contribution in [3.63, 3.8) is 0 Å². The first-order chi connectivity index (χ1) is 8.72. The molecule has 0 saturated carbocycles. The minimum absolute atomic E-state index is 0.129. The molecule has 1 aromatic carbocycles. The predicted octanol–water partition coefficient (Wildman–Crippen LogP) is 1.47. The Morgan fingerprint density at radius 1 is 1.22 bits per heavy atom. The second kappa shape index (κ2) is 6.16. The Bertz CT molecular complexity index is 395. The molecule has 0 atom stereocenters. The summed E-state index contributed by atoms with van der Waals surface area (Å²) in [5, 5.41) is 0. The summed E-state index contributed by atoms with van der Waals surface area (Å²) in [7, 11) is 2.13. The summed E-state index contributed by atoms with van der Waals surface area (Å²) < 4.78 is 13.9. The van der Waals surface area contributed by atoms with E-state index in [0.29, 0.717) is 13.0 Å². The molecule has 1 heterocycles. The van der Waals surface area contributed by atoms with Crippen molar-refractivity contribution in [2.24, 2.45) is 5.73 Å². The monoisotopic (exact) mass is 251 g/mol. The third-order valence-corrected chi connectivity index (χ3v) is 3.55. The van der Waals surface area contributed by atoms with Crippen molar-refractivity contribution in [3.8, 4) is 0 Å². The minimum Gasteiger partial charge on any atom is -0.370 e. The molecular weight excluding hydrogens is 229 g/mol. The molecule has 4 heteroatoms. The van der Waals surface area contributed by atoms with E-state index in [9.17, 15) is 4.39 Å². The van der Waals surface area contributed by atoms with Gasteiger partial charge in [-0.3, -0.25) is 0 Å². The number of rotatable bonds is 3. The SMILES string of the molecule is CN1CCCN(c2cccc(F)c2CCN)CC1. The molecule has 1 aliphatic heterocycles. The van der Waals surface area contributed by atoms with Crippen molar-refractivity contribution < 1.29 is 4.39 Å². The van der Waals surface area contributed by atoms with Gasteiger partial charge in [-0.2, -0.15) is 0 Å². The lowest BCUT2D eigenvalue weighted by Crippen LogP contribution is -2.30. The molecule has 1 saturated heterocycles. The predicted molar refractivity (Wildman–Crippen MR) is 73.5 cm³/mol. The molecule has 0 amide bonds. The van der Waals surface area contributed by atoms with Crippen LogP contribution >= 0.6 is 0 Å². The molecule has 100 valence electrons. The van der Waals surface area contributed by atoms with Crippen LogP contribution in [0.5, 0.6) is 0 Å². The van der Waals surface area contributed by atoms with Gasteiger partial charge in [0.25, 0.3) is 0 Å². The molecule has 1 aliphatic rings. The Morgan fingerprint density at radius 2 is 2.06 bits per heavy atom. The lowest BCUT2D eigenvalue weighted by molar-refractivity contribution is 0.360. The van der Waals surface area contributed by atoms with Gasteiger partial charge in [-0.25, -0.2) is 4.39 Å². The Balaban J connectivity index is 2.23. The van der Waals surface area contributed by atoms with Crippen molar-refractivity contribution in [2.75, 3.05) is 44.7 Å². The lowest BCUT2D eigenvalue weighted by atomic mass is 10.1. The molecule has 18 heavy (non-hydrogen) atoms. The number of hydrogen-bond donors (Lipinski definition) is 1. The van der Waals surface area contributed by atoms with Crippen LogP contribution in [0.4, 0.5) is 10.1 Å².